The van der Waals surface area contributed by atoms with Crippen molar-refractivity contribution in [3.8, 4) is 17.3 Å². The summed E-state index contributed by atoms with van der Waals surface area (Å²) in [7, 11) is 0. The third-order valence-electron chi connectivity index (χ3n) is 4.47. The quantitative estimate of drug-likeness (QED) is 0.814. The molecule has 2 aromatic rings. The van der Waals surface area contributed by atoms with Crippen LogP contribution in [0.1, 0.15) is 55.5 Å². The Labute approximate surface area is 134 Å². The van der Waals surface area contributed by atoms with Crippen molar-refractivity contribution in [1.29, 1.82) is 5.26 Å². The highest BCUT2D eigenvalue weighted by atomic mass is 19.3. The molecule has 1 aliphatic carbocycles. The van der Waals surface area contributed by atoms with Gasteiger partial charge in [0.05, 0.1) is 17.3 Å². The van der Waals surface area contributed by atoms with Crippen LogP contribution >= 0.6 is 0 Å². The molecular formula is C18H19F2N3. The van der Waals surface area contributed by atoms with Gasteiger partial charge in [0.2, 0.25) is 5.92 Å². The number of halogens is 2. The Morgan fingerprint density at radius 1 is 1.26 bits per heavy atom. The third-order valence-corrected chi connectivity index (χ3v) is 4.47. The highest BCUT2D eigenvalue weighted by molar-refractivity contribution is 5.66. The van der Waals surface area contributed by atoms with Gasteiger partial charge in [-0.25, -0.2) is 8.78 Å². The molecule has 1 aliphatic rings. The Morgan fingerprint density at radius 3 is 2.35 bits per heavy atom. The molecule has 3 rings (SSSR count). The fraction of sp³-hybridized carbons (Fsp3) is 0.444. The number of rotatable bonds is 3. The normalized spacial score (nSPS) is 17.1. The molecule has 120 valence electrons. The molecule has 1 saturated carbocycles. The minimum absolute atomic E-state index is 0.110. The molecule has 1 aromatic heterocycles. The van der Waals surface area contributed by atoms with Crippen molar-refractivity contribution in [3.63, 3.8) is 0 Å². The summed E-state index contributed by atoms with van der Waals surface area (Å²) < 4.78 is 28.6. The second-order valence-corrected chi connectivity index (χ2v) is 6.54. The zero-order valence-corrected chi connectivity index (χ0v) is 13.5. The summed E-state index contributed by atoms with van der Waals surface area (Å²) in [6, 6.07) is 9.40. The van der Waals surface area contributed by atoms with Crippen LogP contribution < -0.4 is 0 Å². The van der Waals surface area contributed by atoms with Gasteiger partial charge in [0.15, 0.2) is 0 Å². The van der Waals surface area contributed by atoms with E-state index in [4.69, 9.17) is 5.26 Å². The van der Waals surface area contributed by atoms with Crippen LogP contribution in [0.5, 0.6) is 0 Å². The minimum atomic E-state index is -2.56. The lowest BCUT2D eigenvalue weighted by Gasteiger charge is -2.35. The largest absolute Gasteiger partial charge is 0.266 e. The van der Waals surface area contributed by atoms with E-state index in [1.807, 2.05) is 37.6 Å². The molecule has 5 heteroatoms. The minimum Gasteiger partial charge on any atom is -0.266 e. The van der Waals surface area contributed by atoms with Crippen molar-refractivity contribution in [1.82, 2.24) is 9.78 Å². The van der Waals surface area contributed by atoms with Crippen LogP contribution in [0.3, 0.4) is 0 Å². The summed E-state index contributed by atoms with van der Waals surface area (Å²) in [5.74, 6) is -2.71. The SMILES string of the molecule is Cc1c(C2CC(F)(F)C2)c(-c2ccc(C#N)cc2)nn1C(C)C. The number of benzene rings is 1. The first-order chi connectivity index (χ1) is 10.8. The zero-order valence-electron chi connectivity index (χ0n) is 13.5. The molecule has 0 amide bonds. The smallest absolute Gasteiger partial charge is 0.249 e. The Kier molecular flexibility index (Phi) is 3.71. The highest BCUT2D eigenvalue weighted by Crippen LogP contribution is 2.51. The van der Waals surface area contributed by atoms with E-state index in [2.05, 4.69) is 11.2 Å². The molecule has 1 fully saturated rings. The fourth-order valence-corrected chi connectivity index (χ4v) is 3.30. The first-order valence-electron chi connectivity index (χ1n) is 7.80. The summed E-state index contributed by atoms with van der Waals surface area (Å²) in [4.78, 5) is 0. The van der Waals surface area contributed by atoms with Crippen LogP contribution in [-0.2, 0) is 0 Å². The Bertz CT molecular complexity index is 759. The van der Waals surface area contributed by atoms with E-state index in [1.54, 1.807) is 12.1 Å². The number of alkyl halides is 2. The number of nitriles is 1. The van der Waals surface area contributed by atoms with Gasteiger partial charge in [-0.1, -0.05) is 12.1 Å². The summed E-state index contributed by atoms with van der Waals surface area (Å²) in [6.07, 6.45) is -0.220. The van der Waals surface area contributed by atoms with Gasteiger partial charge in [-0.2, -0.15) is 10.4 Å². The molecule has 0 saturated heterocycles. The summed E-state index contributed by atoms with van der Waals surface area (Å²) in [5.41, 5.74) is 4.09. The van der Waals surface area contributed by atoms with Crippen LogP contribution in [0.4, 0.5) is 8.78 Å². The van der Waals surface area contributed by atoms with E-state index < -0.39 is 5.92 Å². The van der Waals surface area contributed by atoms with Gasteiger partial charge in [0.25, 0.3) is 0 Å². The van der Waals surface area contributed by atoms with Crippen LogP contribution in [0.2, 0.25) is 0 Å². The van der Waals surface area contributed by atoms with Crippen LogP contribution in [0, 0.1) is 18.3 Å². The fourth-order valence-electron chi connectivity index (χ4n) is 3.30. The maximum atomic E-state index is 13.3. The molecule has 0 spiro atoms. The van der Waals surface area contributed by atoms with E-state index in [0.717, 1.165) is 22.5 Å². The van der Waals surface area contributed by atoms with Crippen molar-refractivity contribution in [2.75, 3.05) is 0 Å². The summed E-state index contributed by atoms with van der Waals surface area (Å²) >= 11 is 0. The molecule has 23 heavy (non-hydrogen) atoms. The van der Waals surface area contributed by atoms with E-state index >= 15 is 0 Å². The van der Waals surface area contributed by atoms with E-state index in [1.165, 1.54) is 0 Å². The molecule has 0 N–H and O–H groups in total. The first kappa shape index (κ1) is 15.7. The average Bonchev–Trinajstić information content (AvgIpc) is 2.82. The third kappa shape index (κ3) is 2.74. The van der Waals surface area contributed by atoms with Crippen molar-refractivity contribution < 1.29 is 8.78 Å². The zero-order chi connectivity index (χ0) is 16.8. The number of hydrogen-bond acceptors (Lipinski definition) is 2. The first-order valence-corrected chi connectivity index (χ1v) is 7.80. The lowest BCUT2D eigenvalue weighted by molar-refractivity contribution is -0.0867. The van der Waals surface area contributed by atoms with Crippen LogP contribution in [0.15, 0.2) is 24.3 Å². The van der Waals surface area contributed by atoms with E-state index in [-0.39, 0.29) is 24.8 Å². The molecule has 0 unspecified atom stereocenters. The van der Waals surface area contributed by atoms with Gasteiger partial charge < -0.3 is 0 Å². The maximum Gasteiger partial charge on any atom is 0.249 e. The Balaban J connectivity index is 2.07. The molecule has 1 aromatic carbocycles. The molecule has 0 bridgehead atoms. The van der Waals surface area contributed by atoms with E-state index in [9.17, 15) is 8.78 Å². The van der Waals surface area contributed by atoms with Crippen LogP contribution in [0.25, 0.3) is 11.3 Å². The van der Waals surface area contributed by atoms with Gasteiger partial charge in [-0.05, 0) is 38.8 Å². The Morgan fingerprint density at radius 2 is 1.87 bits per heavy atom. The van der Waals surface area contributed by atoms with Crippen molar-refractivity contribution in [3.05, 3.63) is 41.1 Å². The Hall–Kier alpha value is -2.22. The summed E-state index contributed by atoms with van der Waals surface area (Å²) in [5, 5.41) is 13.6. The van der Waals surface area contributed by atoms with Gasteiger partial charge >= 0.3 is 0 Å². The second kappa shape index (κ2) is 5.45. The predicted molar refractivity (Wildman–Crippen MR) is 84.4 cm³/mol. The lowest BCUT2D eigenvalue weighted by atomic mass is 9.75. The number of aromatic nitrogens is 2. The second-order valence-electron chi connectivity index (χ2n) is 6.54. The molecule has 1 heterocycles. The average molecular weight is 315 g/mol. The topological polar surface area (TPSA) is 41.6 Å². The van der Waals surface area contributed by atoms with Gasteiger partial charge in [-0.3, -0.25) is 4.68 Å². The van der Waals surface area contributed by atoms with Crippen LogP contribution in [-0.4, -0.2) is 15.7 Å². The summed E-state index contributed by atoms with van der Waals surface area (Å²) in [6.45, 7) is 6.01. The predicted octanol–water partition coefficient (Wildman–Crippen LogP) is 4.82. The molecule has 3 nitrogen and oxygen atoms in total. The van der Waals surface area contributed by atoms with Crippen molar-refractivity contribution in [2.45, 2.75) is 51.5 Å². The van der Waals surface area contributed by atoms with Gasteiger partial charge in [0.1, 0.15) is 0 Å². The number of hydrogen-bond donors (Lipinski definition) is 0. The number of nitrogens with zero attached hydrogens (tertiary/aromatic N) is 3. The highest BCUT2D eigenvalue weighted by Gasteiger charge is 2.48. The maximum absolute atomic E-state index is 13.3. The monoisotopic (exact) mass is 315 g/mol. The lowest BCUT2D eigenvalue weighted by Crippen LogP contribution is -2.34. The molecule has 0 aliphatic heterocycles. The van der Waals surface area contributed by atoms with Crippen molar-refractivity contribution in [2.24, 2.45) is 0 Å². The molecule has 0 atom stereocenters. The molecular weight excluding hydrogens is 296 g/mol. The van der Waals surface area contributed by atoms with Gasteiger partial charge in [-0.15, -0.1) is 0 Å². The standard InChI is InChI=1S/C18H19F2N3/c1-11(2)23-12(3)16(15-8-18(19,20)9-15)17(22-23)14-6-4-13(10-21)5-7-14/h4-7,11,15H,8-9H2,1-3H3. The van der Waals surface area contributed by atoms with E-state index in [0.29, 0.717) is 5.56 Å². The molecule has 0 radical (unpaired) electrons. The van der Waals surface area contributed by atoms with Gasteiger partial charge in [0, 0.05) is 35.7 Å². The van der Waals surface area contributed by atoms with Crippen molar-refractivity contribution >= 4 is 0 Å².